The van der Waals surface area contributed by atoms with E-state index >= 15 is 0 Å². The predicted molar refractivity (Wildman–Crippen MR) is 100 cm³/mol. The zero-order chi connectivity index (χ0) is 16.9. The van der Waals surface area contributed by atoms with Gasteiger partial charge in [0.05, 0.1) is 6.42 Å². The summed E-state index contributed by atoms with van der Waals surface area (Å²) in [5.74, 6) is 0.0138. The van der Waals surface area contributed by atoms with Crippen LogP contribution >= 0.6 is 0 Å². The fourth-order valence-corrected chi connectivity index (χ4v) is 2.83. The Kier molecular flexibility index (Phi) is 4.76. The summed E-state index contributed by atoms with van der Waals surface area (Å²) in [7, 11) is 0. The molecule has 2 heteroatoms. The van der Waals surface area contributed by atoms with Crippen molar-refractivity contribution in [2.75, 3.05) is 5.32 Å². The van der Waals surface area contributed by atoms with E-state index in [1.165, 1.54) is 5.56 Å². The molecule has 0 fully saturated rings. The monoisotopic (exact) mass is 315 g/mol. The summed E-state index contributed by atoms with van der Waals surface area (Å²) in [6, 6.07) is 24.4. The summed E-state index contributed by atoms with van der Waals surface area (Å²) >= 11 is 0. The van der Waals surface area contributed by atoms with Crippen molar-refractivity contribution in [1.29, 1.82) is 0 Å². The average Bonchev–Trinajstić information content (AvgIpc) is 2.60. The van der Waals surface area contributed by atoms with Crippen LogP contribution in [0.1, 0.15) is 16.7 Å². The van der Waals surface area contributed by atoms with E-state index in [0.29, 0.717) is 6.42 Å². The first-order valence-electron chi connectivity index (χ1n) is 8.14. The molecule has 1 N–H and O–H groups in total. The minimum atomic E-state index is 0.0138. The second-order valence-corrected chi connectivity index (χ2v) is 6.05. The summed E-state index contributed by atoms with van der Waals surface area (Å²) < 4.78 is 0. The van der Waals surface area contributed by atoms with Gasteiger partial charge >= 0.3 is 0 Å². The van der Waals surface area contributed by atoms with Crippen molar-refractivity contribution < 1.29 is 4.79 Å². The second kappa shape index (κ2) is 7.14. The molecule has 2 nitrogen and oxygen atoms in total. The third-order valence-electron chi connectivity index (χ3n) is 4.17. The molecule has 3 rings (SSSR count). The second-order valence-electron chi connectivity index (χ2n) is 6.05. The van der Waals surface area contributed by atoms with Gasteiger partial charge in [0.25, 0.3) is 0 Å². The molecular formula is C22H21NO. The van der Waals surface area contributed by atoms with E-state index in [0.717, 1.165) is 27.9 Å². The molecule has 0 atom stereocenters. The fraction of sp³-hybridized carbons (Fsp3) is 0.136. The highest BCUT2D eigenvalue weighted by molar-refractivity contribution is 5.93. The van der Waals surface area contributed by atoms with E-state index in [9.17, 15) is 4.79 Å². The van der Waals surface area contributed by atoms with Crippen molar-refractivity contribution in [3.63, 3.8) is 0 Å². The SMILES string of the molecule is Cc1cccc(C)c1NC(=O)Cc1ccc(-c2ccccc2)cc1. The van der Waals surface area contributed by atoms with Gasteiger partial charge in [-0.05, 0) is 41.7 Å². The highest BCUT2D eigenvalue weighted by atomic mass is 16.1. The summed E-state index contributed by atoms with van der Waals surface area (Å²) in [6.45, 7) is 4.02. The lowest BCUT2D eigenvalue weighted by Crippen LogP contribution is -2.16. The highest BCUT2D eigenvalue weighted by Gasteiger charge is 2.08. The van der Waals surface area contributed by atoms with Crippen LogP contribution in [0.5, 0.6) is 0 Å². The number of benzene rings is 3. The predicted octanol–water partition coefficient (Wildman–Crippen LogP) is 5.15. The molecule has 0 aliphatic heterocycles. The molecule has 3 aromatic rings. The molecule has 1 amide bonds. The van der Waals surface area contributed by atoms with Crippen molar-refractivity contribution in [3.05, 3.63) is 89.5 Å². The normalized spacial score (nSPS) is 10.4. The van der Waals surface area contributed by atoms with Crippen molar-refractivity contribution in [2.45, 2.75) is 20.3 Å². The molecule has 0 unspecified atom stereocenters. The maximum atomic E-state index is 12.3. The molecule has 24 heavy (non-hydrogen) atoms. The fourth-order valence-electron chi connectivity index (χ4n) is 2.83. The Morgan fingerprint density at radius 3 is 1.96 bits per heavy atom. The van der Waals surface area contributed by atoms with E-state index in [2.05, 4.69) is 29.6 Å². The van der Waals surface area contributed by atoms with Crippen LogP contribution in [0.15, 0.2) is 72.8 Å². The van der Waals surface area contributed by atoms with Gasteiger partial charge in [0.15, 0.2) is 0 Å². The van der Waals surface area contributed by atoms with Crippen LogP contribution in [-0.2, 0) is 11.2 Å². The van der Waals surface area contributed by atoms with Gasteiger partial charge in [-0.1, -0.05) is 72.8 Å². The van der Waals surface area contributed by atoms with E-state index in [1.54, 1.807) is 0 Å². The van der Waals surface area contributed by atoms with Gasteiger partial charge in [-0.25, -0.2) is 0 Å². The van der Waals surface area contributed by atoms with Crippen molar-refractivity contribution in [1.82, 2.24) is 0 Å². The van der Waals surface area contributed by atoms with Crippen LogP contribution in [-0.4, -0.2) is 5.91 Å². The van der Waals surface area contributed by atoms with E-state index in [-0.39, 0.29) is 5.91 Å². The largest absolute Gasteiger partial charge is 0.325 e. The summed E-state index contributed by atoms with van der Waals surface area (Å²) in [5.41, 5.74) is 6.45. The average molecular weight is 315 g/mol. The number of carbonyl (C=O) groups is 1. The van der Waals surface area contributed by atoms with Gasteiger partial charge in [-0.3, -0.25) is 4.79 Å². The minimum Gasteiger partial charge on any atom is -0.325 e. The first kappa shape index (κ1) is 16.0. The zero-order valence-corrected chi connectivity index (χ0v) is 14.0. The van der Waals surface area contributed by atoms with Crippen molar-refractivity contribution in [3.8, 4) is 11.1 Å². The van der Waals surface area contributed by atoms with Gasteiger partial charge in [0, 0.05) is 5.69 Å². The Hall–Kier alpha value is -2.87. The molecule has 0 aromatic heterocycles. The number of hydrogen-bond acceptors (Lipinski definition) is 1. The summed E-state index contributed by atoms with van der Waals surface area (Å²) in [4.78, 5) is 12.3. The zero-order valence-electron chi connectivity index (χ0n) is 14.0. The van der Waals surface area contributed by atoms with Crippen LogP contribution in [0.3, 0.4) is 0 Å². The lowest BCUT2D eigenvalue weighted by Gasteiger charge is -2.11. The molecule has 0 bridgehead atoms. The number of carbonyl (C=O) groups excluding carboxylic acids is 1. The van der Waals surface area contributed by atoms with Crippen LogP contribution in [0.4, 0.5) is 5.69 Å². The quantitative estimate of drug-likeness (QED) is 0.708. The van der Waals surface area contributed by atoms with Crippen molar-refractivity contribution >= 4 is 11.6 Å². The maximum absolute atomic E-state index is 12.3. The van der Waals surface area contributed by atoms with Gasteiger partial charge in [0.1, 0.15) is 0 Å². The lowest BCUT2D eigenvalue weighted by molar-refractivity contribution is -0.115. The van der Waals surface area contributed by atoms with E-state index in [4.69, 9.17) is 0 Å². The van der Waals surface area contributed by atoms with E-state index < -0.39 is 0 Å². The van der Waals surface area contributed by atoms with Crippen LogP contribution < -0.4 is 5.32 Å². The van der Waals surface area contributed by atoms with Gasteiger partial charge in [-0.15, -0.1) is 0 Å². The smallest absolute Gasteiger partial charge is 0.228 e. The molecule has 0 saturated heterocycles. The molecule has 0 spiro atoms. The molecule has 0 radical (unpaired) electrons. The summed E-state index contributed by atoms with van der Waals surface area (Å²) in [5, 5.41) is 3.03. The first-order chi connectivity index (χ1) is 11.6. The molecule has 3 aromatic carbocycles. The van der Waals surface area contributed by atoms with Crippen LogP contribution in [0.25, 0.3) is 11.1 Å². The number of rotatable bonds is 4. The molecule has 0 aliphatic rings. The lowest BCUT2D eigenvalue weighted by atomic mass is 10.0. The molecule has 0 saturated carbocycles. The number of amides is 1. The minimum absolute atomic E-state index is 0.0138. The molecule has 0 heterocycles. The molecule has 0 aliphatic carbocycles. The third kappa shape index (κ3) is 3.72. The topological polar surface area (TPSA) is 29.1 Å². The Morgan fingerprint density at radius 1 is 0.750 bits per heavy atom. The standard InChI is InChI=1S/C22H21NO/c1-16-7-6-8-17(2)22(16)23-21(24)15-18-11-13-20(14-12-18)19-9-4-3-5-10-19/h3-14H,15H2,1-2H3,(H,23,24). The Labute approximate surface area is 143 Å². The van der Waals surface area contributed by atoms with Crippen LogP contribution in [0, 0.1) is 13.8 Å². The molecular weight excluding hydrogens is 294 g/mol. The van der Waals surface area contributed by atoms with Gasteiger partial charge in [-0.2, -0.15) is 0 Å². The Morgan fingerprint density at radius 2 is 1.33 bits per heavy atom. The Balaban J connectivity index is 1.69. The first-order valence-corrected chi connectivity index (χ1v) is 8.14. The number of para-hydroxylation sites is 1. The highest BCUT2D eigenvalue weighted by Crippen LogP contribution is 2.21. The number of nitrogens with one attached hydrogen (secondary N) is 1. The number of hydrogen-bond donors (Lipinski definition) is 1. The van der Waals surface area contributed by atoms with Gasteiger partial charge < -0.3 is 5.32 Å². The van der Waals surface area contributed by atoms with Crippen LogP contribution in [0.2, 0.25) is 0 Å². The van der Waals surface area contributed by atoms with E-state index in [1.807, 2.05) is 62.4 Å². The maximum Gasteiger partial charge on any atom is 0.228 e. The van der Waals surface area contributed by atoms with Crippen molar-refractivity contribution in [2.24, 2.45) is 0 Å². The van der Waals surface area contributed by atoms with Gasteiger partial charge in [0.2, 0.25) is 5.91 Å². The Bertz CT molecular complexity index is 815. The third-order valence-corrected chi connectivity index (χ3v) is 4.17. The summed E-state index contributed by atoms with van der Waals surface area (Å²) in [6.07, 6.45) is 0.378. The number of aryl methyl sites for hydroxylation is 2. The number of anilines is 1. The molecule has 120 valence electrons.